The molecule has 1 aromatic carbocycles. The van der Waals surface area contributed by atoms with E-state index in [1.165, 1.54) is 6.07 Å². The van der Waals surface area contributed by atoms with Crippen molar-refractivity contribution in [1.82, 2.24) is 10.4 Å². The number of nitrogens with one attached hydrogen (secondary N) is 1. The summed E-state index contributed by atoms with van der Waals surface area (Å²) < 4.78 is 13.9. The van der Waals surface area contributed by atoms with Crippen LogP contribution >= 0.6 is 11.6 Å². The molecule has 3 nitrogen and oxygen atoms in total. The average Bonchev–Trinajstić information content (AvgIpc) is 2.34. The van der Waals surface area contributed by atoms with E-state index in [1.54, 1.807) is 24.5 Å². The van der Waals surface area contributed by atoms with Gasteiger partial charge in [0, 0.05) is 23.0 Å². The zero-order valence-electron chi connectivity index (χ0n) is 9.82. The summed E-state index contributed by atoms with van der Waals surface area (Å²) in [5.41, 5.74) is 4.88. The fourth-order valence-electron chi connectivity index (χ4n) is 1.86. The predicted octanol–water partition coefficient (Wildman–Crippen LogP) is 2.74. The van der Waals surface area contributed by atoms with Gasteiger partial charge in [-0.2, -0.15) is 0 Å². The van der Waals surface area contributed by atoms with Gasteiger partial charge in [-0.05, 0) is 36.2 Å². The number of hydrogen-bond acceptors (Lipinski definition) is 3. The van der Waals surface area contributed by atoms with Crippen LogP contribution in [0.3, 0.4) is 0 Å². The fraction of sp³-hybridized carbons (Fsp3) is 0.154. The largest absolute Gasteiger partial charge is 0.271 e. The molecule has 0 radical (unpaired) electrons. The quantitative estimate of drug-likeness (QED) is 0.663. The lowest BCUT2D eigenvalue weighted by Gasteiger charge is -2.19. The number of halogens is 2. The van der Waals surface area contributed by atoms with Gasteiger partial charge in [0.2, 0.25) is 0 Å². The maximum absolute atomic E-state index is 13.9. The second-order valence-electron chi connectivity index (χ2n) is 4.00. The molecule has 1 heterocycles. The Balaban J connectivity index is 2.49. The minimum absolute atomic E-state index is 0.356. The minimum atomic E-state index is -0.448. The van der Waals surface area contributed by atoms with Gasteiger partial charge >= 0.3 is 0 Å². The van der Waals surface area contributed by atoms with Crippen molar-refractivity contribution in [3.05, 3.63) is 64.2 Å². The number of benzene rings is 1. The number of aromatic nitrogens is 1. The number of nitrogens with two attached hydrogens (primary N) is 1. The molecular weight excluding hydrogens is 253 g/mol. The lowest BCUT2D eigenvalue weighted by molar-refractivity contribution is 0.558. The van der Waals surface area contributed by atoms with Crippen LogP contribution in [-0.2, 0) is 0 Å². The van der Waals surface area contributed by atoms with E-state index in [9.17, 15) is 4.39 Å². The summed E-state index contributed by atoms with van der Waals surface area (Å²) in [4.78, 5) is 4.04. The third kappa shape index (κ3) is 2.51. The number of hydrazine groups is 1. The first kappa shape index (κ1) is 13.0. The van der Waals surface area contributed by atoms with Crippen LogP contribution in [0.4, 0.5) is 4.39 Å². The van der Waals surface area contributed by atoms with Crippen LogP contribution in [0.25, 0.3) is 0 Å². The number of hydrogen-bond donors (Lipinski definition) is 2. The molecule has 0 fully saturated rings. The molecule has 1 aromatic heterocycles. The highest BCUT2D eigenvalue weighted by Gasteiger charge is 2.18. The van der Waals surface area contributed by atoms with E-state index in [0.29, 0.717) is 10.6 Å². The van der Waals surface area contributed by atoms with Crippen LogP contribution in [0.1, 0.15) is 22.7 Å². The second-order valence-corrected chi connectivity index (χ2v) is 4.43. The number of aryl methyl sites for hydroxylation is 1. The van der Waals surface area contributed by atoms with Crippen LogP contribution in [-0.4, -0.2) is 4.98 Å². The first-order chi connectivity index (χ1) is 8.63. The molecule has 18 heavy (non-hydrogen) atoms. The van der Waals surface area contributed by atoms with Crippen molar-refractivity contribution in [1.29, 1.82) is 0 Å². The van der Waals surface area contributed by atoms with Crippen molar-refractivity contribution in [2.24, 2.45) is 5.84 Å². The lowest BCUT2D eigenvalue weighted by atomic mass is 9.97. The zero-order valence-corrected chi connectivity index (χ0v) is 10.6. The van der Waals surface area contributed by atoms with Gasteiger partial charge < -0.3 is 0 Å². The predicted molar refractivity (Wildman–Crippen MR) is 69.6 cm³/mol. The Labute approximate surface area is 110 Å². The molecule has 0 saturated carbocycles. The smallest absolute Gasteiger partial charge is 0.129 e. The fourth-order valence-corrected chi connectivity index (χ4v) is 2.02. The van der Waals surface area contributed by atoms with Gasteiger partial charge in [-0.3, -0.25) is 10.8 Å². The Bertz CT molecular complexity index is 560. The summed E-state index contributed by atoms with van der Waals surface area (Å²) >= 11 is 5.74. The molecular formula is C13H13ClFN3. The highest BCUT2D eigenvalue weighted by molar-refractivity contribution is 6.30. The standard InChI is InChI=1S/C13H13ClFN3/c1-8-4-5-17-7-11(8)13(18-16)10-3-2-9(14)6-12(10)15/h2-7,13,18H,16H2,1H3. The number of rotatable bonds is 3. The van der Waals surface area contributed by atoms with Gasteiger partial charge in [0.15, 0.2) is 0 Å². The topological polar surface area (TPSA) is 50.9 Å². The summed E-state index contributed by atoms with van der Waals surface area (Å²) in [6.07, 6.45) is 3.36. The molecule has 94 valence electrons. The van der Waals surface area contributed by atoms with E-state index in [0.717, 1.165) is 11.1 Å². The summed E-state index contributed by atoms with van der Waals surface area (Å²) in [5, 5.41) is 0.356. The monoisotopic (exact) mass is 265 g/mol. The van der Waals surface area contributed by atoms with E-state index in [-0.39, 0.29) is 0 Å². The van der Waals surface area contributed by atoms with Gasteiger partial charge in [-0.1, -0.05) is 17.7 Å². The van der Waals surface area contributed by atoms with Crippen LogP contribution < -0.4 is 11.3 Å². The third-order valence-corrected chi connectivity index (χ3v) is 3.07. The Morgan fingerprint density at radius 2 is 2.11 bits per heavy atom. The molecule has 0 amide bonds. The molecule has 0 aliphatic heterocycles. The molecule has 0 aliphatic rings. The Kier molecular flexibility index (Phi) is 3.91. The van der Waals surface area contributed by atoms with E-state index >= 15 is 0 Å². The van der Waals surface area contributed by atoms with E-state index in [1.807, 2.05) is 13.0 Å². The molecule has 5 heteroatoms. The lowest BCUT2D eigenvalue weighted by Crippen LogP contribution is -2.30. The van der Waals surface area contributed by atoms with Crippen LogP contribution in [0.2, 0.25) is 5.02 Å². The average molecular weight is 266 g/mol. The van der Waals surface area contributed by atoms with Gasteiger partial charge in [0.1, 0.15) is 5.82 Å². The molecule has 3 N–H and O–H groups in total. The van der Waals surface area contributed by atoms with E-state index in [4.69, 9.17) is 17.4 Å². The maximum Gasteiger partial charge on any atom is 0.129 e. The first-order valence-corrected chi connectivity index (χ1v) is 5.83. The molecule has 2 aromatic rings. The molecule has 0 saturated heterocycles. The van der Waals surface area contributed by atoms with E-state index < -0.39 is 11.9 Å². The molecule has 0 spiro atoms. The van der Waals surface area contributed by atoms with Crippen molar-refractivity contribution in [2.45, 2.75) is 13.0 Å². The van der Waals surface area contributed by atoms with Gasteiger partial charge in [-0.25, -0.2) is 9.82 Å². The highest BCUT2D eigenvalue weighted by Crippen LogP contribution is 2.27. The normalized spacial score (nSPS) is 12.4. The Hall–Kier alpha value is -1.49. The summed E-state index contributed by atoms with van der Waals surface area (Å²) in [6.45, 7) is 1.93. The van der Waals surface area contributed by atoms with Crippen molar-refractivity contribution >= 4 is 11.6 Å². The molecule has 0 bridgehead atoms. The molecule has 1 unspecified atom stereocenters. The SMILES string of the molecule is Cc1ccncc1C(NN)c1ccc(Cl)cc1F. The van der Waals surface area contributed by atoms with Crippen LogP contribution in [0.15, 0.2) is 36.7 Å². The minimum Gasteiger partial charge on any atom is -0.271 e. The van der Waals surface area contributed by atoms with Crippen molar-refractivity contribution in [2.75, 3.05) is 0 Å². The number of pyridine rings is 1. The van der Waals surface area contributed by atoms with Crippen molar-refractivity contribution < 1.29 is 4.39 Å². The zero-order chi connectivity index (χ0) is 13.1. The highest BCUT2D eigenvalue weighted by atomic mass is 35.5. The van der Waals surface area contributed by atoms with Gasteiger partial charge in [0.05, 0.1) is 6.04 Å². The van der Waals surface area contributed by atoms with Gasteiger partial charge in [-0.15, -0.1) is 0 Å². The number of nitrogens with zero attached hydrogens (tertiary/aromatic N) is 1. The Morgan fingerprint density at radius 1 is 1.33 bits per heavy atom. The summed E-state index contributed by atoms with van der Waals surface area (Å²) in [6, 6.07) is 5.93. The first-order valence-electron chi connectivity index (χ1n) is 5.45. The van der Waals surface area contributed by atoms with Crippen molar-refractivity contribution in [3.63, 3.8) is 0 Å². The van der Waals surface area contributed by atoms with Gasteiger partial charge in [0.25, 0.3) is 0 Å². The van der Waals surface area contributed by atoms with Crippen LogP contribution in [0, 0.1) is 12.7 Å². The molecule has 2 rings (SSSR count). The molecule has 0 aliphatic carbocycles. The second kappa shape index (κ2) is 5.44. The Morgan fingerprint density at radius 3 is 2.72 bits per heavy atom. The van der Waals surface area contributed by atoms with Crippen molar-refractivity contribution in [3.8, 4) is 0 Å². The van der Waals surface area contributed by atoms with E-state index in [2.05, 4.69) is 10.4 Å². The maximum atomic E-state index is 13.9. The molecule has 1 atom stereocenters. The van der Waals surface area contributed by atoms with Crippen LogP contribution in [0.5, 0.6) is 0 Å². The summed E-state index contributed by atoms with van der Waals surface area (Å²) in [5.74, 6) is 5.14. The summed E-state index contributed by atoms with van der Waals surface area (Å²) in [7, 11) is 0. The third-order valence-electron chi connectivity index (χ3n) is 2.83.